The van der Waals surface area contributed by atoms with E-state index in [0.29, 0.717) is 0 Å². The number of rotatable bonds is 7. The highest BCUT2D eigenvalue weighted by Gasteiger charge is 2.19. The number of sulfonamides is 1. The highest BCUT2D eigenvalue weighted by molar-refractivity contribution is 7.94. The predicted molar refractivity (Wildman–Crippen MR) is 137 cm³/mol. The van der Waals surface area contributed by atoms with Gasteiger partial charge < -0.3 is 4.57 Å². The maximum atomic E-state index is 12.8. The van der Waals surface area contributed by atoms with Gasteiger partial charge >= 0.3 is 0 Å². The van der Waals surface area contributed by atoms with Crippen LogP contribution in [0.3, 0.4) is 0 Å². The first-order valence-corrected chi connectivity index (χ1v) is 12.9. The van der Waals surface area contributed by atoms with E-state index in [-0.39, 0.29) is 15.5 Å². The molecule has 0 aliphatic heterocycles. The Hall–Kier alpha value is -3.69. The Morgan fingerprint density at radius 3 is 2.44 bits per heavy atom. The molecule has 2 aromatic heterocycles. The summed E-state index contributed by atoms with van der Waals surface area (Å²) in [5, 5.41) is 5.79. The summed E-state index contributed by atoms with van der Waals surface area (Å²) in [4.78, 5) is 12.8. The van der Waals surface area contributed by atoms with E-state index in [9.17, 15) is 13.2 Å². The van der Waals surface area contributed by atoms with Crippen molar-refractivity contribution in [3.05, 3.63) is 100 Å². The zero-order chi connectivity index (χ0) is 24.3. The molecule has 0 bridgehead atoms. The lowest BCUT2D eigenvalue weighted by Crippen LogP contribution is -2.21. The van der Waals surface area contributed by atoms with Crippen LogP contribution in [-0.2, 0) is 10.0 Å². The molecule has 0 saturated heterocycles. The Morgan fingerprint density at radius 1 is 1.00 bits per heavy atom. The van der Waals surface area contributed by atoms with E-state index < -0.39 is 15.9 Å². The second kappa shape index (κ2) is 9.66. The zero-order valence-electron chi connectivity index (χ0n) is 18.9. The average molecular weight is 493 g/mol. The van der Waals surface area contributed by atoms with Crippen LogP contribution in [0.5, 0.6) is 0 Å². The number of hydrazone groups is 1. The second-order valence-electron chi connectivity index (χ2n) is 7.78. The minimum Gasteiger partial charge on any atom is -0.318 e. The minimum atomic E-state index is -3.78. The maximum absolute atomic E-state index is 12.8. The summed E-state index contributed by atoms with van der Waals surface area (Å²) >= 11 is 1.10. The third-order valence-electron chi connectivity index (χ3n) is 5.31. The van der Waals surface area contributed by atoms with Crippen molar-refractivity contribution in [2.24, 2.45) is 5.10 Å². The second-order valence-corrected chi connectivity index (χ2v) is 10.6. The van der Waals surface area contributed by atoms with E-state index in [1.165, 1.54) is 11.6 Å². The molecule has 2 aromatic carbocycles. The van der Waals surface area contributed by atoms with Crippen LogP contribution in [0.1, 0.15) is 32.9 Å². The molecule has 0 saturated carbocycles. The third kappa shape index (κ3) is 4.95. The molecule has 0 fully saturated rings. The van der Waals surface area contributed by atoms with Crippen molar-refractivity contribution in [3.8, 4) is 5.69 Å². The van der Waals surface area contributed by atoms with Gasteiger partial charge in [0.15, 0.2) is 0 Å². The number of para-hydroxylation sites is 1. The van der Waals surface area contributed by atoms with Crippen molar-refractivity contribution in [1.82, 2.24) is 9.99 Å². The fourth-order valence-electron chi connectivity index (χ4n) is 3.61. The molecule has 9 heteroatoms. The summed E-state index contributed by atoms with van der Waals surface area (Å²) in [5.74, 6) is -0.520. The SMILES string of the molecule is Cc1ccc(-n2c(C)cc(/C=N\NC(=O)c3ccccc3NS(=O)(=O)c3cccs3)c2C)cc1. The summed E-state index contributed by atoms with van der Waals surface area (Å²) < 4.78 is 29.9. The Kier molecular flexibility index (Phi) is 6.67. The van der Waals surface area contributed by atoms with E-state index in [1.54, 1.807) is 41.9 Å². The molecule has 34 heavy (non-hydrogen) atoms. The van der Waals surface area contributed by atoms with Crippen LogP contribution in [0.2, 0.25) is 0 Å². The van der Waals surface area contributed by atoms with E-state index in [2.05, 4.69) is 44.1 Å². The van der Waals surface area contributed by atoms with Gasteiger partial charge in [0.2, 0.25) is 0 Å². The molecule has 2 heterocycles. The molecule has 0 aliphatic carbocycles. The van der Waals surface area contributed by atoms with Gasteiger partial charge in [-0.05, 0) is 62.5 Å². The summed E-state index contributed by atoms with van der Waals surface area (Å²) in [7, 11) is -3.78. The van der Waals surface area contributed by atoms with Gasteiger partial charge in [0.25, 0.3) is 15.9 Å². The molecule has 0 atom stereocenters. The summed E-state index contributed by atoms with van der Waals surface area (Å²) in [6, 6.07) is 19.8. The first-order chi connectivity index (χ1) is 16.3. The fraction of sp³-hybridized carbons (Fsp3) is 0.120. The predicted octanol–water partition coefficient (Wildman–Crippen LogP) is 5.03. The van der Waals surface area contributed by atoms with Crippen LogP contribution in [0.15, 0.2) is 81.4 Å². The van der Waals surface area contributed by atoms with Crippen LogP contribution in [0.4, 0.5) is 5.69 Å². The van der Waals surface area contributed by atoms with Gasteiger partial charge in [-0.1, -0.05) is 35.9 Å². The molecule has 0 unspecified atom stereocenters. The number of nitrogens with one attached hydrogen (secondary N) is 2. The summed E-state index contributed by atoms with van der Waals surface area (Å²) in [5.41, 5.74) is 7.99. The highest BCUT2D eigenvalue weighted by atomic mass is 32.2. The van der Waals surface area contributed by atoms with Crippen molar-refractivity contribution in [3.63, 3.8) is 0 Å². The van der Waals surface area contributed by atoms with Crippen molar-refractivity contribution in [1.29, 1.82) is 0 Å². The van der Waals surface area contributed by atoms with Crippen LogP contribution in [-0.4, -0.2) is 25.1 Å². The van der Waals surface area contributed by atoms with Crippen molar-refractivity contribution >= 4 is 39.2 Å². The van der Waals surface area contributed by atoms with Gasteiger partial charge in [-0.15, -0.1) is 11.3 Å². The van der Waals surface area contributed by atoms with Crippen molar-refractivity contribution in [2.75, 3.05) is 4.72 Å². The number of benzene rings is 2. The topological polar surface area (TPSA) is 92.6 Å². The van der Waals surface area contributed by atoms with Crippen LogP contribution in [0.25, 0.3) is 5.69 Å². The molecular weight excluding hydrogens is 468 g/mol. The summed E-state index contributed by atoms with van der Waals surface area (Å²) in [6.07, 6.45) is 1.59. The largest absolute Gasteiger partial charge is 0.318 e. The molecular formula is C25H24N4O3S2. The number of nitrogens with zero attached hydrogens (tertiary/aromatic N) is 2. The normalized spacial score (nSPS) is 11.6. The van der Waals surface area contributed by atoms with Gasteiger partial charge in [0, 0.05) is 22.6 Å². The number of thiophene rings is 1. The molecule has 4 aromatic rings. The van der Waals surface area contributed by atoms with Crippen LogP contribution < -0.4 is 10.1 Å². The van der Waals surface area contributed by atoms with E-state index in [4.69, 9.17) is 0 Å². The smallest absolute Gasteiger partial charge is 0.273 e. The monoisotopic (exact) mass is 492 g/mol. The lowest BCUT2D eigenvalue weighted by Gasteiger charge is -2.10. The number of carbonyl (C=O) groups is 1. The van der Waals surface area contributed by atoms with Gasteiger partial charge in [-0.2, -0.15) is 5.10 Å². The Morgan fingerprint density at radius 2 is 1.74 bits per heavy atom. The van der Waals surface area contributed by atoms with Gasteiger partial charge in [0.1, 0.15) is 4.21 Å². The minimum absolute atomic E-state index is 0.171. The van der Waals surface area contributed by atoms with E-state index in [1.807, 2.05) is 26.8 Å². The molecule has 174 valence electrons. The van der Waals surface area contributed by atoms with E-state index in [0.717, 1.165) is 34.0 Å². The standard InChI is InChI=1S/C25H24N4O3S2/c1-17-10-12-21(13-11-17)29-18(2)15-20(19(29)3)16-26-27-25(30)22-7-4-5-8-23(22)28-34(31,32)24-9-6-14-33-24/h4-16,28H,1-3H3,(H,27,30)/b26-16-. The van der Waals surface area contributed by atoms with Gasteiger partial charge in [-0.3, -0.25) is 9.52 Å². The summed E-state index contributed by atoms with van der Waals surface area (Å²) in [6.45, 7) is 6.05. The molecule has 4 rings (SSSR count). The number of amides is 1. The molecule has 7 nitrogen and oxygen atoms in total. The Balaban J connectivity index is 1.51. The van der Waals surface area contributed by atoms with Crippen LogP contribution >= 0.6 is 11.3 Å². The molecule has 1 amide bonds. The lowest BCUT2D eigenvalue weighted by atomic mass is 10.2. The van der Waals surface area contributed by atoms with Gasteiger partial charge in [0.05, 0.1) is 17.5 Å². The first-order valence-electron chi connectivity index (χ1n) is 10.5. The number of hydrogen-bond acceptors (Lipinski definition) is 5. The number of hydrogen-bond donors (Lipinski definition) is 2. The number of aromatic nitrogens is 1. The molecule has 0 radical (unpaired) electrons. The van der Waals surface area contributed by atoms with Crippen LogP contribution in [0, 0.1) is 20.8 Å². The highest BCUT2D eigenvalue weighted by Crippen LogP contribution is 2.23. The molecule has 2 N–H and O–H groups in total. The van der Waals surface area contributed by atoms with Crippen molar-refractivity contribution in [2.45, 2.75) is 25.0 Å². The first kappa shape index (κ1) is 23.5. The maximum Gasteiger partial charge on any atom is 0.273 e. The number of carbonyl (C=O) groups excluding carboxylic acids is 1. The zero-order valence-corrected chi connectivity index (χ0v) is 20.6. The Bertz CT molecular complexity index is 1450. The number of anilines is 1. The number of aryl methyl sites for hydroxylation is 2. The fourth-order valence-corrected chi connectivity index (χ4v) is 5.68. The third-order valence-corrected chi connectivity index (χ3v) is 8.07. The van der Waals surface area contributed by atoms with Gasteiger partial charge in [-0.25, -0.2) is 13.8 Å². The van der Waals surface area contributed by atoms with E-state index >= 15 is 0 Å². The lowest BCUT2D eigenvalue weighted by molar-refractivity contribution is 0.0956. The Labute approximate surface area is 202 Å². The average Bonchev–Trinajstić information content (AvgIpc) is 3.44. The molecule has 0 spiro atoms. The van der Waals surface area contributed by atoms with Crippen molar-refractivity contribution < 1.29 is 13.2 Å². The molecule has 0 aliphatic rings. The quantitative estimate of drug-likeness (QED) is 0.280.